The van der Waals surface area contributed by atoms with E-state index in [0.717, 1.165) is 0 Å². The number of amides is 1. The maximum Gasteiger partial charge on any atom is 0.241 e. The van der Waals surface area contributed by atoms with Gasteiger partial charge in [0, 0.05) is 5.54 Å². The van der Waals surface area contributed by atoms with Crippen molar-refractivity contribution in [1.29, 1.82) is 0 Å². The van der Waals surface area contributed by atoms with Gasteiger partial charge in [-0.05, 0) is 44.9 Å². The second kappa shape index (κ2) is 7.38. The quantitative estimate of drug-likeness (QED) is 0.823. The van der Waals surface area contributed by atoms with Gasteiger partial charge in [0.05, 0.1) is 14.9 Å². The van der Waals surface area contributed by atoms with Crippen LogP contribution in [0.25, 0.3) is 0 Å². The Kier molecular flexibility index (Phi) is 6.49. The molecule has 1 aromatic carbocycles. The van der Waals surface area contributed by atoms with Crippen LogP contribution in [0.2, 0.25) is 10.0 Å². The van der Waals surface area contributed by atoms with Crippen molar-refractivity contribution in [3.8, 4) is 0 Å². The van der Waals surface area contributed by atoms with Gasteiger partial charge in [-0.25, -0.2) is 8.42 Å². The fraction of sp³-hybridized carbons (Fsp3) is 0.533. The zero-order valence-electron chi connectivity index (χ0n) is 13.8. The SMILES string of the molecule is CC(C)[C@@H](NS(=O)(=O)c1ccc(Cl)c(Cl)c1)C(=O)NC(C)(C)C. The smallest absolute Gasteiger partial charge is 0.241 e. The van der Waals surface area contributed by atoms with Crippen LogP contribution in [0.4, 0.5) is 0 Å². The molecule has 5 nitrogen and oxygen atoms in total. The molecule has 0 bridgehead atoms. The van der Waals surface area contributed by atoms with Gasteiger partial charge < -0.3 is 5.32 Å². The molecule has 0 unspecified atom stereocenters. The zero-order chi connectivity index (χ0) is 18.0. The molecule has 130 valence electrons. The first-order valence-electron chi connectivity index (χ1n) is 7.13. The predicted octanol–water partition coefficient (Wildman–Crippen LogP) is 3.21. The van der Waals surface area contributed by atoms with Crippen molar-refractivity contribution in [2.75, 3.05) is 0 Å². The van der Waals surface area contributed by atoms with Gasteiger partial charge in [-0.3, -0.25) is 4.79 Å². The average Bonchev–Trinajstić information content (AvgIpc) is 2.36. The zero-order valence-corrected chi connectivity index (χ0v) is 16.1. The summed E-state index contributed by atoms with van der Waals surface area (Å²) in [7, 11) is -3.90. The number of carbonyl (C=O) groups is 1. The number of sulfonamides is 1. The Balaban J connectivity index is 3.07. The molecule has 1 aromatic rings. The molecule has 1 atom stereocenters. The monoisotopic (exact) mass is 380 g/mol. The first kappa shape index (κ1) is 20.2. The van der Waals surface area contributed by atoms with Gasteiger partial charge in [0.2, 0.25) is 15.9 Å². The summed E-state index contributed by atoms with van der Waals surface area (Å²) in [6, 6.07) is 3.10. The van der Waals surface area contributed by atoms with Crippen LogP contribution in [0.1, 0.15) is 34.6 Å². The van der Waals surface area contributed by atoms with E-state index in [1.807, 2.05) is 20.8 Å². The van der Waals surface area contributed by atoms with Crippen molar-refractivity contribution in [3.05, 3.63) is 28.2 Å². The molecule has 0 fully saturated rings. The van der Waals surface area contributed by atoms with E-state index in [2.05, 4.69) is 10.0 Å². The van der Waals surface area contributed by atoms with Crippen LogP contribution in [0.3, 0.4) is 0 Å². The molecule has 1 amide bonds. The molecule has 23 heavy (non-hydrogen) atoms. The third-order valence-electron chi connectivity index (χ3n) is 2.93. The van der Waals surface area contributed by atoms with E-state index in [0.29, 0.717) is 0 Å². The number of hydrogen-bond acceptors (Lipinski definition) is 3. The maximum absolute atomic E-state index is 12.5. The van der Waals surface area contributed by atoms with Crippen LogP contribution >= 0.6 is 23.2 Å². The molecular formula is C15H22Cl2N2O3S. The maximum atomic E-state index is 12.5. The highest BCUT2D eigenvalue weighted by Gasteiger charge is 2.30. The topological polar surface area (TPSA) is 75.3 Å². The van der Waals surface area contributed by atoms with Gasteiger partial charge in [0.15, 0.2) is 0 Å². The number of nitrogens with one attached hydrogen (secondary N) is 2. The average molecular weight is 381 g/mol. The molecule has 0 aliphatic carbocycles. The van der Waals surface area contributed by atoms with Crippen LogP contribution in [0, 0.1) is 5.92 Å². The molecule has 0 spiro atoms. The van der Waals surface area contributed by atoms with E-state index in [4.69, 9.17) is 23.2 Å². The third-order valence-corrected chi connectivity index (χ3v) is 5.11. The van der Waals surface area contributed by atoms with Gasteiger partial charge >= 0.3 is 0 Å². The molecule has 1 rings (SSSR count). The number of benzene rings is 1. The predicted molar refractivity (Wildman–Crippen MR) is 93.3 cm³/mol. The first-order chi connectivity index (χ1) is 10.3. The molecule has 0 saturated carbocycles. The van der Waals surface area contributed by atoms with Gasteiger partial charge in [-0.2, -0.15) is 4.72 Å². The van der Waals surface area contributed by atoms with Gasteiger partial charge in [-0.15, -0.1) is 0 Å². The van der Waals surface area contributed by atoms with Gasteiger partial charge in [0.25, 0.3) is 0 Å². The molecule has 0 heterocycles. The summed E-state index contributed by atoms with van der Waals surface area (Å²) in [5.41, 5.74) is -0.459. The fourth-order valence-corrected chi connectivity index (χ4v) is 3.55. The molecule has 8 heteroatoms. The third kappa shape index (κ3) is 5.95. The van der Waals surface area contributed by atoms with E-state index in [9.17, 15) is 13.2 Å². The number of hydrogen-bond donors (Lipinski definition) is 2. The lowest BCUT2D eigenvalue weighted by molar-refractivity contribution is -0.125. The van der Waals surface area contributed by atoms with Crippen molar-refractivity contribution in [2.45, 2.75) is 51.1 Å². The lowest BCUT2D eigenvalue weighted by Gasteiger charge is -2.27. The van der Waals surface area contributed by atoms with E-state index >= 15 is 0 Å². The van der Waals surface area contributed by atoms with Gasteiger partial charge in [-0.1, -0.05) is 37.0 Å². The van der Waals surface area contributed by atoms with Crippen molar-refractivity contribution >= 4 is 39.1 Å². The number of carbonyl (C=O) groups excluding carboxylic acids is 1. The van der Waals surface area contributed by atoms with Crippen LogP contribution < -0.4 is 10.0 Å². The van der Waals surface area contributed by atoms with Crippen molar-refractivity contribution in [3.63, 3.8) is 0 Å². The molecule has 0 radical (unpaired) electrons. The lowest BCUT2D eigenvalue weighted by atomic mass is 10.0. The Morgan fingerprint density at radius 2 is 1.70 bits per heavy atom. The Bertz CT molecular complexity index is 682. The van der Waals surface area contributed by atoms with Crippen LogP contribution in [-0.4, -0.2) is 25.9 Å². The minimum atomic E-state index is -3.90. The summed E-state index contributed by atoms with van der Waals surface area (Å²) in [5, 5.41) is 3.18. The Hall–Kier alpha value is -0.820. The van der Waals surface area contributed by atoms with E-state index in [1.54, 1.807) is 13.8 Å². The fourth-order valence-electron chi connectivity index (χ4n) is 1.82. The summed E-state index contributed by atoms with van der Waals surface area (Å²) in [5.74, 6) is -0.606. The Morgan fingerprint density at radius 1 is 1.13 bits per heavy atom. The van der Waals surface area contributed by atoms with E-state index in [1.165, 1.54) is 18.2 Å². The minimum Gasteiger partial charge on any atom is -0.350 e. The second-order valence-electron chi connectivity index (χ2n) is 6.66. The largest absolute Gasteiger partial charge is 0.350 e. The molecule has 0 aliphatic rings. The minimum absolute atomic E-state index is 0.0406. The first-order valence-corrected chi connectivity index (χ1v) is 9.37. The second-order valence-corrected chi connectivity index (χ2v) is 9.19. The molecule has 0 aliphatic heterocycles. The summed E-state index contributed by atoms with van der Waals surface area (Å²) < 4.78 is 27.4. The standard InChI is InChI=1S/C15H22Cl2N2O3S/c1-9(2)13(14(20)18-15(3,4)5)19-23(21,22)10-6-7-11(16)12(17)8-10/h6-9,13,19H,1-5H3,(H,18,20)/t13-/m1/s1. The van der Waals surface area contributed by atoms with Gasteiger partial charge in [0.1, 0.15) is 6.04 Å². The highest BCUT2D eigenvalue weighted by atomic mass is 35.5. The van der Waals surface area contributed by atoms with Crippen LogP contribution in [0.5, 0.6) is 0 Å². The van der Waals surface area contributed by atoms with Crippen molar-refractivity contribution < 1.29 is 13.2 Å². The Morgan fingerprint density at radius 3 is 2.13 bits per heavy atom. The molecule has 0 aromatic heterocycles. The van der Waals surface area contributed by atoms with E-state index in [-0.39, 0.29) is 26.8 Å². The molecule has 2 N–H and O–H groups in total. The van der Waals surface area contributed by atoms with Crippen molar-refractivity contribution in [1.82, 2.24) is 10.0 Å². The summed E-state index contributed by atoms with van der Waals surface area (Å²) >= 11 is 11.7. The molecule has 0 saturated heterocycles. The van der Waals surface area contributed by atoms with Crippen LogP contribution in [-0.2, 0) is 14.8 Å². The number of rotatable bonds is 5. The summed E-state index contributed by atoms with van der Waals surface area (Å²) in [6.45, 7) is 9.02. The van der Waals surface area contributed by atoms with Crippen LogP contribution in [0.15, 0.2) is 23.1 Å². The highest BCUT2D eigenvalue weighted by molar-refractivity contribution is 7.89. The normalized spacial score (nSPS) is 13.9. The summed E-state index contributed by atoms with van der Waals surface area (Å²) in [6.07, 6.45) is 0. The molecular weight excluding hydrogens is 359 g/mol. The van der Waals surface area contributed by atoms with E-state index < -0.39 is 21.6 Å². The number of halogens is 2. The van der Waals surface area contributed by atoms with Crippen molar-refractivity contribution in [2.24, 2.45) is 5.92 Å². The lowest BCUT2D eigenvalue weighted by Crippen LogP contribution is -2.54. The highest BCUT2D eigenvalue weighted by Crippen LogP contribution is 2.25. The Labute approximate surface area is 147 Å². The summed E-state index contributed by atoms with van der Waals surface area (Å²) in [4.78, 5) is 12.3.